The van der Waals surface area contributed by atoms with Gasteiger partial charge in [-0.05, 0) is 0 Å². The molecule has 1 heterocycles. The number of carbonyl (C=O) groups excluding carboxylic acids is 1. The third-order valence-corrected chi connectivity index (χ3v) is 1.88. The first-order valence-electron chi connectivity index (χ1n) is 4.41. The Morgan fingerprint density at radius 1 is 1.46 bits per heavy atom. The molecule has 0 aromatic heterocycles. The van der Waals surface area contributed by atoms with E-state index in [1.165, 1.54) is 6.92 Å². The highest BCUT2D eigenvalue weighted by atomic mass is 16.6. The highest BCUT2D eigenvalue weighted by Gasteiger charge is 2.33. The van der Waals surface area contributed by atoms with Crippen LogP contribution >= 0.6 is 0 Å². The molecule has 0 aromatic carbocycles. The van der Waals surface area contributed by atoms with Gasteiger partial charge >= 0.3 is 5.97 Å². The summed E-state index contributed by atoms with van der Waals surface area (Å²) in [5, 5.41) is 0. The molecule has 0 saturated carbocycles. The zero-order chi connectivity index (χ0) is 9.73. The maximum Gasteiger partial charge on any atom is 0.302 e. The predicted molar refractivity (Wildman–Crippen MR) is 46.4 cm³/mol. The fourth-order valence-corrected chi connectivity index (χ4v) is 1.10. The van der Waals surface area contributed by atoms with Gasteiger partial charge in [0, 0.05) is 12.3 Å². The Hall–Kier alpha value is -0.610. The molecule has 0 unspecified atom stereocenters. The Kier molecular flexibility index (Phi) is 3.69. The Labute approximate surface area is 78.2 Å². The minimum Gasteiger partial charge on any atom is -0.463 e. The van der Waals surface area contributed by atoms with Gasteiger partial charge in [-0.1, -0.05) is 6.92 Å². The van der Waals surface area contributed by atoms with Gasteiger partial charge < -0.3 is 14.2 Å². The van der Waals surface area contributed by atoms with E-state index in [9.17, 15) is 4.79 Å². The van der Waals surface area contributed by atoms with Gasteiger partial charge in [-0.15, -0.1) is 0 Å². The van der Waals surface area contributed by atoms with Gasteiger partial charge in [0.05, 0.1) is 26.4 Å². The van der Waals surface area contributed by atoms with Crippen LogP contribution in [0.25, 0.3) is 0 Å². The molecular formula is C9H16O4. The van der Waals surface area contributed by atoms with Gasteiger partial charge in [0.1, 0.15) is 6.61 Å². The number of carbonyl (C=O) groups is 1. The summed E-state index contributed by atoms with van der Waals surface area (Å²) in [4.78, 5) is 10.4. The molecule has 0 spiro atoms. The summed E-state index contributed by atoms with van der Waals surface area (Å²) in [6.07, 6.45) is 0. The zero-order valence-corrected chi connectivity index (χ0v) is 8.17. The Morgan fingerprint density at radius 2 is 2.15 bits per heavy atom. The van der Waals surface area contributed by atoms with Crippen molar-refractivity contribution < 1.29 is 19.0 Å². The van der Waals surface area contributed by atoms with Gasteiger partial charge in [0.15, 0.2) is 0 Å². The summed E-state index contributed by atoms with van der Waals surface area (Å²) < 4.78 is 15.1. The van der Waals surface area contributed by atoms with Crippen molar-refractivity contribution in [2.75, 3.05) is 33.0 Å². The van der Waals surface area contributed by atoms with Gasteiger partial charge in [-0.2, -0.15) is 0 Å². The van der Waals surface area contributed by atoms with E-state index in [-0.39, 0.29) is 11.4 Å². The van der Waals surface area contributed by atoms with E-state index >= 15 is 0 Å². The number of hydrogen-bond acceptors (Lipinski definition) is 4. The lowest BCUT2D eigenvalue weighted by Crippen LogP contribution is -2.43. The van der Waals surface area contributed by atoms with E-state index in [2.05, 4.69) is 6.92 Å². The van der Waals surface area contributed by atoms with Crippen molar-refractivity contribution in [2.24, 2.45) is 5.41 Å². The molecule has 13 heavy (non-hydrogen) atoms. The lowest BCUT2D eigenvalue weighted by atomic mass is 9.90. The summed E-state index contributed by atoms with van der Waals surface area (Å²) in [5.41, 5.74) is 0.177. The molecule has 0 atom stereocenters. The van der Waals surface area contributed by atoms with Crippen molar-refractivity contribution in [3.05, 3.63) is 0 Å². The lowest BCUT2D eigenvalue weighted by Gasteiger charge is -2.37. The molecule has 4 nitrogen and oxygen atoms in total. The SMILES string of the molecule is CC(=O)OCCOCC1(C)COC1. The molecule has 76 valence electrons. The van der Waals surface area contributed by atoms with Gasteiger partial charge in [-0.3, -0.25) is 4.79 Å². The highest BCUT2D eigenvalue weighted by molar-refractivity contribution is 5.65. The Balaban J connectivity index is 1.92. The smallest absolute Gasteiger partial charge is 0.302 e. The first kappa shape index (κ1) is 10.5. The summed E-state index contributed by atoms with van der Waals surface area (Å²) in [6, 6.07) is 0. The monoisotopic (exact) mass is 188 g/mol. The van der Waals surface area contributed by atoms with E-state index in [0.717, 1.165) is 13.2 Å². The second kappa shape index (κ2) is 4.58. The van der Waals surface area contributed by atoms with Crippen LogP contribution in [0.15, 0.2) is 0 Å². The number of rotatable bonds is 5. The fraction of sp³-hybridized carbons (Fsp3) is 0.889. The molecular weight excluding hydrogens is 172 g/mol. The summed E-state index contributed by atoms with van der Waals surface area (Å²) in [6.45, 7) is 6.51. The van der Waals surface area contributed by atoms with Crippen molar-refractivity contribution in [1.82, 2.24) is 0 Å². The van der Waals surface area contributed by atoms with Crippen LogP contribution in [0, 0.1) is 5.41 Å². The third-order valence-electron chi connectivity index (χ3n) is 1.88. The molecule has 0 aliphatic carbocycles. The van der Waals surface area contributed by atoms with Crippen LogP contribution in [0.1, 0.15) is 13.8 Å². The first-order chi connectivity index (χ1) is 6.12. The van der Waals surface area contributed by atoms with Crippen molar-refractivity contribution >= 4 is 5.97 Å². The van der Waals surface area contributed by atoms with E-state index in [1.807, 2.05) is 0 Å². The van der Waals surface area contributed by atoms with Crippen LogP contribution < -0.4 is 0 Å². The fourth-order valence-electron chi connectivity index (χ4n) is 1.10. The van der Waals surface area contributed by atoms with Crippen molar-refractivity contribution in [3.63, 3.8) is 0 Å². The summed E-state index contributed by atoms with van der Waals surface area (Å²) in [7, 11) is 0. The molecule has 1 saturated heterocycles. The normalized spacial score (nSPS) is 19.2. The van der Waals surface area contributed by atoms with Crippen molar-refractivity contribution in [3.8, 4) is 0 Å². The molecule has 1 rings (SSSR count). The maximum absolute atomic E-state index is 10.4. The Bertz CT molecular complexity index is 174. The molecule has 1 aliphatic rings. The summed E-state index contributed by atoms with van der Waals surface area (Å²) >= 11 is 0. The number of ether oxygens (including phenoxy) is 3. The van der Waals surface area contributed by atoms with Crippen LogP contribution in [-0.4, -0.2) is 39.0 Å². The van der Waals surface area contributed by atoms with Crippen molar-refractivity contribution in [1.29, 1.82) is 0 Å². The van der Waals surface area contributed by atoms with Crippen LogP contribution in [0.4, 0.5) is 0 Å². The molecule has 1 aliphatic heterocycles. The highest BCUT2D eigenvalue weighted by Crippen LogP contribution is 2.26. The third kappa shape index (κ3) is 3.74. The second-order valence-corrected chi connectivity index (χ2v) is 3.70. The molecule has 0 amide bonds. The molecule has 0 bridgehead atoms. The number of esters is 1. The van der Waals surface area contributed by atoms with Crippen LogP contribution in [0.3, 0.4) is 0 Å². The average Bonchev–Trinajstić information content (AvgIpc) is 2.00. The summed E-state index contributed by atoms with van der Waals surface area (Å²) in [5.74, 6) is -0.262. The molecule has 0 aromatic rings. The van der Waals surface area contributed by atoms with Gasteiger partial charge in [0.25, 0.3) is 0 Å². The standard InChI is InChI=1S/C9H16O4/c1-8(10)13-4-3-11-5-9(2)6-12-7-9/h3-7H2,1-2H3. The molecule has 0 radical (unpaired) electrons. The lowest BCUT2D eigenvalue weighted by molar-refractivity contribution is -0.150. The van der Waals surface area contributed by atoms with Crippen molar-refractivity contribution in [2.45, 2.75) is 13.8 Å². The zero-order valence-electron chi connectivity index (χ0n) is 8.17. The maximum atomic E-state index is 10.4. The molecule has 4 heteroatoms. The van der Waals surface area contributed by atoms with Gasteiger partial charge in [-0.25, -0.2) is 0 Å². The second-order valence-electron chi connectivity index (χ2n) is 3.70. The first-order valence-corrected chi connectivity index (χ1v) is 4.41. The molecule has 1 fully saturated rings. The topological polar surface area (TPSA) is 44.8 Å². The minimum atomic E-state index is -0.262. The van der Waals surface area contributed by atoms with E-state index in [4.69, 9.17) is 14.2 Å². The Morgan fingerprint density at radius 3 is 2.62 bits per heavy atom. The minimum absolute atomic E-state index is 0.177. The van der Waals surface area contributed by atoms with Crippen LogP contribution in [-0.2, 0) is 19.0 Å². The van der Waals surface area contributed by atoms with Crippen LogP contribution in [0.2, 0.25) is 0 Å². The quantitative estimate of drug-likeness (QED) is 0.468. The largest absolute Gasteiger partial charge is 0.463 e. The predicted octanol–water partition coefficient (Wildman–Crippen LogP) is 0.603. The van der Waals surface area contributed by atoms with E-state index in [1.54, 1.807) is 0 Å². The molecule has 0 N–H and O–H groups in total. The van der Waals surface area contributed by atoms with Gasteiger partial charge in [0.2, 0.25) is 0 Å². The number of hydrogen-bond donors (Lipinski definition) is 0. The van der Waals surface area contributed by atoms with Crippen LogP contribution in [0.5, 0.6) is 0 Å². The van der Waals surface area contributed by atoms with E-state index in [0.29, 0.717) is 19.8 Å². The van der Waals surface area contributed by atoms with E-state index < -0.39 is 0 Å². The average molecular weight is 188 g/mol.